The Kier molecular flexibility index (Phi) is 4.35. The van der Waals surface area contributed by atoms with E-state index in [2.05, 4.69) is 31.9 Å². The number of carbonyl (C=O) groups excluding carboxylic acids is 1. The fraction of sp³-hybridized carbons (Fsp3) is 0.148. The molecule has 1 aliphatic carbocycles. The molecule has 1 amide bonds. The first-order valence-electron chi connectivity index (χ1n) is 11.7. The minimum absolute atomic E-state index is 0.0105. The number of hydrogen-bond acceptors (Lipinski definition) is 7. The molecule has 2 fully saturated rings. The first-order chi connectivity index (χ1) is 17.5. The van der Waals surface area contributed by atoms with Crippen molar-refractivity contribution >= 4 is 39.6 Å². The lowest BCUT2D eigenvalue weighted by Gasteiger charge is -2.19. The van der Waals surface area contributed by atoms with Gasteiger partial charge in [-0.2, -0.15) is 5.10 Å². The van der Waals surface area contributed by atoms with Gasteiger partial charge in [0.2, 0.25) is 0 Å². The molecule has 9 heteroatoms. The summed E-state index contributed by atoms with van der Waals surface area (Å²) in [6.07, 6.45) is 5.84. The minimum atomic E-state index is 0.0105. The van der Waals surface area contributed by atoms with E-state index in [9.17, 15) is 4.79 Å². The summed E-state index contributed by atoms with van der Waals surface area (Å²) in [7, 11) is 0. The second-order valence-electron chi connectivity index (χ2n) is 9.17. The summed E-state index contributed by atoms with van der Waals surface area (Å²) in [5.41, 5.74) is 4.90. The zero-order chi connectivity index (χ0) is 24.4. The highest BCUT2D eigenvalue weighted by atomic mass is 16.5. The van der Waals surface area contributed by atoms with Crippen molar-refractivity contribution in [3.8, 4) is 11.5 Å². The Hall–Kier alpha value is -4.79. The number of carbonyl (C=O) groups is 1. The summed E-state index contributed by atoms with van der Waals surface area (Å²) >= 11 is 0. The van der Waals surface area contributed by atoms with E-state index < -0.39 is 0 Å². The van der Waals surface area contributed by atoms with Gasteiger partial charge in [0.25, 0.3) is 5.91 Å². The number of fused-ring (bicyclic) bond motifs is 3. The fourth-order valence-electron chi connectivity index (χ4n) is 4.87. The zero-order valence-electron chi connectivity index (χ0n) is 19.4. The second kappa shape index (κ2) is 7.61. The summed E-state index contributed by atoms with van der Waals surface area (Å²) < 4.78 is 7.77. The lowest BCUT2D eigenvalue weighted by Crippen LogP contribution is -2.28. The predicted molar refractivity (Wildman–Crippen MR) is 136 cm³/mol. The molecule has 4 heterocycles. The number of aryl methyl sites for hydroxylation is 1. The van der Waals surface area contributed by atoms with Gasteiger partial charge in [0.1, 0.15) is 30.0 Å². The smallest absolute Gasteiger partial charge is 0.254 e. The fourth-order valence-corrected chi connectivity index (χ4v) is 4.87. The van der Waals surface area contributed by atoms with Gasteiger partial charge >= 0.3 is 0 Å². The van der Waals surface area contributed by atoms with Gasteiger partial charge < -0.3 is 15.0 Å². The number of piperidine rings is 1. The van der Waals surface area contributed by atoms with Crippen molar-refractivity contribution in [3.63, 3.8) is 0 Å². The number of amides is 1. The van der Waals surface area contributed by atoms with Gasteiger partial charge in [-0.05, 0) is 61.4 Å². The molecular formula is C27H21N7O2. The number of anilines is 3. The molecule has 1 saturated heterocycles. The number of nitrogens with one attached hydrogen (secondary N) is 1. The molecule has 2 aromatic carbocycles. The summed E-state index contributed by atoms with van der Waals surface area (Å²) in [4.78, 5) is 27.6. The lowest BCUT2D eigenvalue weighted by molar-refractivity contribution is -0.114. The number of nitrogens with zero attached hydrogens (tertiary/aromatic N) is 6. The maximum atomic E-state index is 12.7. The first-order valence-corrected chi connectivity index (χ1v) is 11.7. The maximum absolute atomic E-state index is 12.7. The molecule has 3 aromatic heterocycles. The van der Waals surface area contributed by atoms with Crippen molar-refractivity contribution in [1.82, 2.24) is 24.6 Å². The highest BCUT2D eigenvalue weighted by molar-refractivity contribution is 6.11. The molecule has 0 radical (unpaired) electrons. The van der Waals surface area contributed by atoms with Crippen LogP contribution in [0.3, 0.4) is 0 Å². The van der Waals surface area contributed by atoms with Crippen molar-refractivity contribution in [2.24, 2.45) is 5.92 Å². The Morgan fingerprint density at radius 3 is 2.81 bits per heavy atom. The van der Waals surface area contributed by atoms with E-state index >= 15 is 0 Å². The third-order valence-electron chi connectivity index (χ3n) is 6.84. The van der Waals surface area contributed by atoms with E-state index in [4.69, 9.17) is 4.74 Å². The first kappa shape index (κ1) is 20.6. The van der Waals surface area contributed by atoms with Crippen LogP contribution < -0.4 is 15.0 Å². The molecule has 1 N–H and O–H groups in total. The highest BCUT2D eigenvalue weighted by Gasteiger charge is 2.54. The molecular weight excluding hydrogens is 454 g/mol. The van der Waals surface area contributed by atoms with Crippen molar-refractivity contribution in [2.45, 2.75) is 19.4 Å². The monoisotopic (exact) mass is 475 g/mol. The van der Waals surface area contributed by atoms with Crippen LogP contribution in [0.1, 0.15) is 12.0 Å². The topological polar surface area (TPSA) is 97.5 Å². The Morgan fingerprint density at radius 1 is 1.06 bits per heavy atom. The molecule has 5 aromatic rings. The highest BCUT2D eigenvalue weighted by Crippen LogP contribution is 2.50. The van der Waals surface area contributed by atoms with Crippen molar-refractivity contribution < 1.29 is 9.53 Å². The molecule has 2 atom stereocenters. The van der Waals surface area contributed by atoms with E-state index in [-0.39, 0.29) is 11.9 Å². The third kappa shape index (κ3) is 3.28. The Bertz CT molecular complexity index is 1710. The third-order valence-corrected chi connectivity index (χ3v) is 6.84. The summed E-state index contributed by atoms with van der Waals surface area (Å²) in [6, 6.07) is 15.6. The standard InChI is InChI=1S/C27H21N7O2/c1-15-9-17(3-6-24(15)36-19-7-8-33-25(11-19)29-14-31-33)32-26-21-10-18(4-5-22(21)28-13-30-26)34-23-12-20(23)16(2)27(34)35/h3-11,13-14,20,23H,2,12H2,1H3,(H,28,30,32). The SMILES string of the molecule is C=C1C(=O)N(c2ccc3ncnc(Nc4ccc(Oc5ccn6ncnc6c5)c(C)c4)c3c2)C2CC12. The number of ether oxygens (including phenoxy) is 1. The van der Waals surface area contributed by atoms with Gasteiger partial charge in [0.05, 0.1) is 5.52 Å². The van der Waals surface area contributed by atoms with Crippen molar-refractivity contribution in [2.75, 3.05) is 10.2 Å². The van der Waals surface area contributed by atoms with E-state index in [0.717, 1.165) is 45.7 Å². The lowest BCUT2D eigenvalue weighted by atomic mass is 10.1. The van der Waals surface area contributed by atoms with Crippen molar-refractivity contribution in [3.05, 3.63) is 85.1 Å². The van der Waals surface area contributed by atoms with Crippen LogP contribution in [-0.2, 0) is 4.79 Å². The van der Waals surface area contributed by atoms with Crippen LogP contribution in [0, 0.1) is 12.8 Å². The van der Waals surface area contributed by atoms with Crippen LogP contribution in [0.2, 0.25) is 0 Å². The summed E-state index contributed by atoms with van der Waals surface area (Å²) in [5, 5.41) is 8.36. The molecule has 9 nitrogen and oxygen atoms in total. The Morgan fingerprint density at radius 2 is 1.97 bits per heavy atom. The number of hydrogen-bond donors (Lipinski definition) is 1. The van der Waals surface area contributed by atoms with Gasteiger partial charge in [-0.3, -0.25) is 4.79 Å². The van der Waals surface area contributed by atoms with Crippen molar-refractivity contribution in [1.29, 1.82) is 0 Å². The minimum Gasteiger partial charge on any atom is -0.457 e. The molecule has 0 spiro atoms. The number of pyridine rings is 1. The maximum Gasteiger partial charge on any atom is 0.254 e. The largest absolute Gasteiger partial charge is 0.457 e. The van der Waals surface area contributed by atoms with Gasteiger partial charge in [-0.25, -0.2) is 19.5 Å². The van der Waals surface area contributed by atoms with E-state index in [0.29, 0.717) is 23.1 Å². The summed E-state index contributed by atoms with van der Waals surface area (Å²) in [5.74, 6) is 2.40. The van der Waals surface area contributed by atoms with Crippen LogP contribution in [0.15, 0.2) is 79.5 Å². The average Bonchev–Trinajstić information content (AvgIpc) is 3.44. The molecule has 2 unspecified atom stereocenters. The van der Waals surface area contributed by atoms with Crippen LogP contribution in [0.4, 0.5) is 17.2 Å². The zero-order valence-corrected chi connectivity index (χ0v) is 19.4. The van der Waals surface area contributed by atoms with Crippen LogP contribution >= 0.6 is 0 Å². The summed E-state index contributed by atoms with van der Waals surface area (Å²) in [6.45, 7) is 5.97. The van der Waals surface area contributed by atoms with Gasteiger partial charge in [-0.15, -0.1) is 0 Å². The molecule has 0 bridgehead atoms. The van der Waals surface area contributed by atoms with Gasteiger partial charge in [0, 0.05) is 46.6 Å². The molecule has 2 aliphatic rings. The molecule has 7 rings (SSSR count). The van der Waals surface area contributed by atoms with Crippen LogP contribution in [0.5, 0.6) is 11.5 Å². The second-order valence-corrected chi connectivity index (χ2v) is 9.17. The average molecular weight is 476 g/mol. The Balaban J connectivity index is 1.17. The molecule has 176 valence electrons. The van der Waals surface area contributed by atoms with Crippen LogP contribution in [-0.4, -0.2) is 36.5 Å². The molecule has 1 aliphatic heterocycles. The van der Waals surface area contributed by atoms with E-state index in [1.54, 1.807) is 4.52 Å². The molecule has 1 saturated carbocycles. The quantitative estimate of drug-likeness (QED) is 0.364. The van der Waals surface area contributed by atoms with Gasteiger partial charge in [0.15, 0.2) is 5.65 Å². The van der Waals surface area contributed by atoms with E-state index in [1.165, 1.54) is 12.7 Å². The number of aromatic nitrogens is 5. The number of rotatable bonds is 5. The van der Waals surface area contributed by atoms with Gasteiger partial charge in [-0.1, -0.05) is 6.58 Å². The normalized spacial score (nSPS) is 18.6. The molecule has 36 heavy (non-hydrogen) atoms. The predicted octanol–water partition coefficient (Wildman–Crippen LogP) is 4.81. The Labute approximate surface area is 206 Å². The number of benzene rings is 2. The van der Waals surface area contributed by atoms with E-state index in [1.807, 2.05) is 66.6 Å². The van der Waals surface area contributed by atoms with Crippen LogP contribution in [0.25, 0.3) is 16.6 Å².